The van der Waals surface area contributed by atoms with Gasteiger partial charge in [0, 0.05) is 6.42 Å². The minimum Gasteiger partial charge on any atom is -0.387 e. The molecule has 1 unspecified atom stereocenters. The fourth-order valence-electron chi connectivity index (χ4n) is 1.78. The minimum atomic E-state index is -0.483. The van der Waals surface area contributed by atoms with Crippen LogP contribution >= 0.6 is 0 Å². The molecule has 0 fully saturated rings. The first-order chi connectivity index (χ1) is 7.46. The van der Waals surface area contributed by atoms with Crippen molar-refractivity contribution >= 4 is 0 Å². The van der Waals surface area contributed by atoms with Gasteiger partial charge in [-0.2, -0.15) is 0 Å². The summed E-state index contributed by atoms with van der Waals surface area (Å²) in [5.74, 6) is 5.74. The molecule has 0 aliphatic carbocycles. The molecule has 1 rings (SSSR count). The van der Waals surface area contributed by atoms with E-state index in [1.54, 1.807) is 6.92 Å². The first-order valence-corrected chi connectivity index (χ1v) is 5.64. The third kappa shape index (κ3) is 3.12. The Hall–Kier alpha value is -1.26. The normalized spacial score (nSPS) is 12.8. The molecule has 0 saturated carbocycles. The average molecular weight is 216 g/mol. The summed E-state index contributed by atoms with van der Waals surface area (Å²) in [4.78, 5) is 0. The van der Waals surface area contributed by atoms with E-state index in [4.69, 9.17) is 0 Å². The third-order valence-electron chi connectivity index (χ3n) is 2.60. The van der Waals surface area contributed by atoms with Crippen LogP contribution in [0.5, 0.6) is 0 Å². The van der Waals surface area contributed by atoms with E-state index in [0.717, 1.165) is 5.56 Å². The van der Waals surface area contributed by atoms with Gasteiger partial charge in [0.2, 0.25) is 0 Å². The number of aliphatic hydroxyl groups excluding tert-OH is 1. The van der Waals surface area contributed by atoms with Gasteiger partial charge in [-0.05, 0) is 23.5 Å². The maximum Gasteiger partial charge on any atom is 0.0902 e. The van der Waals surface area contributed by atoms with Gasteiger partial charge in [0.25, 0.3) is 0 Å². The molecule has 1 heteroatoms. The summed E-state index contributed by atoms with van der Waals surface area (Å²) in [6.45, 7) is 8.26. The smallest absolute Gasteiger partial charge is 0.0902 e. The lowest BCUT2D eigenvalue weighted by Crippen LogP contribution is -2.15. The minimum absolute atomic E-state index is 0.0528. The molecule has 0 aliphatic heterocycles. The summed E-state index contributed by atoms with van der Waals surface area (Å²) in [6.07, 6.45) is 0.0201. The van der Waals surface area contributed by atoms with Crippen LogP contribution in [0, 0.1) is 11.8 Å². The van der Waals surface area contributed by atoms with Crippen molar-refractivity contribution < 1.29 is 5.11 Å². The van der Waals surface area contributed by atoms with Crippen LogP contribution in [0.4, 0.5) is 0 Å². The average Bonchev–Trinajstić information content (AvgIpc) is 2.24. The van der Waals surface area contributed by atoms with Gasteiger partial charge in [-0.15, -0.1) is 11.8 Å². The molecule has 16 heavy (non-hydrogen) atoms. The van der Waals surface area contributed by atoms with Crippen LogP contribution in [0.15, 0.2) is 24.3 Å². The molecular weight excluding hydrogens is 196 g/mol. The maximum atomic E-state index is 10.1. The molecule has 0 radical (unpaired) electrons. The van der Waals surface area contributed by atoms with E-state index in [-0.39, 0.29) is 5.41 Å². The van der Waals surface area contributed by atoms with E-state index >= 15 is 0 Å². The van der Waals surface area contributed by atoms with Gasteiger partial charge in [0.05, 0.1) is 6.10 Å². The van der Waals surface area contributed by atoms with Crippen LogP contribution in [0.1, 0.15) is 51.3 Å². The first kappa shape index (κ1) is 12.8. The number of hydrogen-bond donors (Lipinski definition) is 1. The number of rotatable bonds is 2. The first-order valence-electron chi connectivity index (χ1n) is 5.64. The molecule has 1 N–H and O–H groups in total. The molecule has 0 heterocycles. The van der Waals surface area contributed by atoms with Gasteiger partial charge in [-0.25, -0.2) is 0 Å². The standard InChI is InChI=1S/C15H20O/c1-5-6-11-14(16)12-9-7-8-10-13(12)15(2,3)4/h7-10,14,16H,11H2,1-4H3. The van der Waals surface area contributed by atoms with Crippen molar-refractivity contribution in [2.75, 3.05) is 0 Å². The van der Waals surface area contributed by atoms with E-state index in [0.29, 0.717) is 6.42 Å². The van der Waals surface area contributed by atoms with Crippen molar-refractivity contribution in [3.63, 3.8) is 0 Å². The lowest BCUT2D eigenvalue weighted by Gasteiger charge is -2.24. The molecule has 0 aliphatic rings. The lowest BCUT2D eigenvalue weighted by molar-refractivity contribution is 0.181. The van der Waals surface area contributed by atoms with Crippen LogP contribution in [0.25, 0.3) is 0 Å². The number of benzene rings is 1. The van der Waals surface area contributed by atoms with Crippen LogP contribution in [0.3, 0.4) is 0 Å². The van der Waals surface area contributed by atoms with Crippen molar-refractivity contribution in [2.24, 2.45) is 0 Å². The molecule has 1 aromatic carbocycles. The molecule has 0 bridgehead atoms. The van der Waals surface area contributed by atoms with Crippen molar-refractivity contribution in [3.05, 3.63) is 35.4 Å². The van der Waals surface area contributed by atoms with Gasteiger partial charge in [0.1, 0.15) is 0 Å². The fraction of sp³-hybridized carbons (Fsp3) is 0.467. The zero-order valence-corrected chi connectivity index (χ0v) is 10.5. The SMILES string of the molecule is CC#CCC(O)c1ccccc1C(C)(C)C. The van der Waals surface area contributed by atoms with Crippen LogP contribution in [-0.4, -0.2) is 5.11 Å². The van der Waals surface area contributed by atoms with Gasteiger partial charge >= 0.3 is 0 Å². The van der Waals surface area contributed by atoms with E-state index in [2.05, 4.69) is 38.7 Å². The summed E-state index contributed by atoms with van der Waals surface area (Å²) in [6, 6.07) is 8.05. The molecule has 86 valence electrons. The molecule has 0 saturated heterocycles. The fourth-order valence-corrected chi connectivity index (χ4v) is 1.78. The largest absolute Gasteiger partial charge is 0.387 e. The zero-order valence-electron chi connectivity index (χ0n) is 10.5. The van der Waals surface area contributed by atoms with Gasteiger partial charge < -0.3 is 5.11 Å². The summed E-state index contributed by atoms with van der Waals surface area (Å²) < 4.78 is 0. The highest BCUT2D eigenvalue weighted by atomic mass is 16.3. The Kier molecular flexibility index (Phi) is 4.15. The molecule has 0 spiro atoms. The monoisotopic (exact) mass is 216 g/mol. The topological polar surface area (TPSA) is 20.2 Å². The Morgan fingerprint density at radius 1 is 1.25 bits per heavy atom. The Labute approximate surface area is 98.5 Å². The predicted octanol–water partition coefficient (Wildman–Crippen LogP) is 3.43. The van der Waals surface area contributed by atoms with E-state index in [1.165, 1.54) is 5.56 Å². The predicted molar refractivity (Wildman–Crippen MR) is 68.2 cm³/mol. The molecule has 1 aromatic rings. The molecule has 0 aromatic heterocycles. The second-order valence-corrected chi connectivity index (χ2v) is 4.98. The second-order valence-electron chi connectivity index (χ2n) is 4.98. The van der Waals surface area contributed by atoms with Gasteiger partial charge in [0.15, 0.2) is 0 Å². The molecule has 1 atom stereocenters. The Balaban J connectivity index is 3.07. The van der Waals surface area contributed by atoms with Gasteiger partial charge in [-0.3, -0.25) is 0 Å². The number of hydrogen-bond acceptors (Lipinski definition) is 1. The Morgan fingerprint density at radius 3 is 2.44 bits per heavy atom. The second kappa shape index (κ2) is 5.18. The molecule has 0 amide bonds. The highest BCUT2D eigenvalue weighted by Crippen LogP contribution is 2.30. The number of aliphatic hydroxyl groups is 1. The molecule has 1 nitrogen and oxygen atoms in total. The van der Waals surface area contributed by atoms with E-state index < -0.39 is 6.10 Å². The Morgan fingerprint density at radius 2 is 1.88 bits per heavy atom. The molecular formula is C15H20O. The van der Waals surface area contributed by atoms with Crippen LogP contribution < -0.4 is 0 Å². The van der Waals surface area contributed by atoms with Crippen molar-refractivity contribution in [3.8, 4) is 11.8 Å². The highest BCUT2D eigenvalue weighted by molar-refractivity contribution is 5.34. The van der Waals surface area contributed by atoms with Crippen LogP contribution in [-0.2, 0) is 5.41 Å². The summed E-state index contributed by atoms with van der Waals surface area (Å²) in [7, 11) is 0. The van der Waals surface area contributed by atoms with E-state index in [9.17, 15) is 5.11 Å². The zero-order chi connectivity index (χ0) is 12.2. The highest BCUT2D eigenvalue weighted by Gasteiger charge is 2.20. The lowest BCUT2D eigenvalue weighted by atomic mass is 9.82. The summed E-state index contributed by atoms with van der Waals surface area (Å²) in [5.41, 5.74) is 2.25. The summed E-state index contributed by atoms with van der Waals surface area (Å²) >= 11 is 0. The summed E-state index contributed by atoms with van der Waals surface area (Å²) in [5, 5.41) is 10.1. The van der Waals surface area contributed by atoms with Crippen molar-refractivity contribution in [1.29, 1.82) is 0 Å². The Bertz CT molecular complexity index is 401. The van der Waals surface area contributed by atoms with E-state index in [1.807, 2.05) is 18.2 Å². The third-order valence-corrected chi connectivity index (χ3v) is 2.60. The van der Waals surface area contributed by atoms with Gasteiger partial charge in [-0.1, -0.05) is 45.0 Å². The van der Waals surface area contributed by atoms with Crippen LogP contribution in [0.2, 0.25) is 0 Å². The van der Waals surface area contributed by atoms with Crippen molar-refractivity contribution in [1.82, 2.24) is 0 Å². The van der Waals surface area contributed by atoms with Crippen molar-refractivity contribution in [2.45, 2.75) is 45.6 Å². The maximum absolute atomic E-state index is 10.1. The quantitative estimate of drug-likeness (QED) is 0.751.